The molecule has 0 aromatic heterocycles. The van der Waals surface area contributed by atoms with Crippen LogP contribution in [0.15, 0.2) is 18.2 Å². The van der Waals surface area contributed by atoms with Gasteiger partial charge in [-0.25, -0.2) is 0 Å². The topological polar surface area (TPSA) is 38.5 Å². The highest BCUT2D eigenvalue weighted by atomic mass is 35.5. The molecule has 20 heavy (non-hydrogen) atoms. The van der Waals surface area contributed by atoms with E-state index in [4.69, 9.17) is 17.3 Å². The van der Waals surface area contributed by atoms with Crippen molar-refractivity contribution in [3.05, 3.63) is 28.8 Å². The minimum absolute atomic E-state index is 0.187. The molecule has 112 valence electrons. The minimum atomic E-state index is -2.83. The van der Waals surface area contributed by atoms with E-state index in [-0.39, 0.29) is 11.8 Å². The van der Waals surface area contributed by atoms with Crippen LogP contribution < -0.4 is 10.5 Å². The van der Waals surface area contributed by atoms with Gasteiger partial charge < -0.3 is 10.5 Å². The number of benzene rings is 1. The van der Waals surface area contributed by atoms with E-state index in [2.05, 4.69) is 16.6 Å². The standard InChI is InChI=1S/C14H19ClF2N2O/c1-9-7-19(5-4-12(9)18)8-10-6-11(15)2-3-13(10)20-14(16)17/h2-3,6,9,12,14H,4-5,7-8,18H2,1H3. The van der Waals surface area contributed by atoms with E-state index in [0.717, 1.165) is 19.5 Å². The van der Waals surface area contributed by atoms with Gasteiger partial charge in [-0.15, -0.1) is 0 Å². The summed E-state index contributed by atoms with van der Waals surface area (Å²) >= 11 is 5.94. The summed E-state index contributed by atoms with van der Waals surface area (Å²) in [5, 5.41) is 0.517. The third kappa shape index (κ3) is 4.04. The van der Waals surface area contributed by atoms with E-state index < -0.39 is 6.61 Å². The lowest BCUT2D eigenvalue weighted by atomic mass is 9.94. The van der Waals surface area contributed by atoms with Gasteiger partial charge in [-0.2, -0.15) is 8.78 Å². The molecule has 1 heterocycles. The van der Waals surface area contributed by atoms with Gasteiger partial charge in [-0.3, -0.25) is 4.90 Å². The average molecular weight is 305 g/mol. The normalized spacial score (nSPS) is 24.1. The monoisotopic (exact) mass is 304 g/mol. The Morgan fingerprint density at radius 2 is 2.25 bits per heavy atom. The molecule has 3 nitrogen and oxygen atoms in total. The van der Waals surface area contributed by atoms with Crippen molar-refractivity contribution in [2.24, 2.45) is 11.7 Å². The SMILES string of the molecule is CC1CN(Cc2cc(Cl)ccc2OC(F)F)CCC1N. The van der Waals surface area contributed by atoms with Gasteiger partial charge in [0, 0.05) is 29.7 Å². The molecule has 1 aromatic rings. The third-order valence-electron chi connectivity index (χ3n) is 3.69. The van der Waals surface area contributed by atoms with Crippen molar-refractivity contribution in [1.29, 1.82) is 0 Å². The number of hydrogen-bond acceptors (Lipinski definition) is 3. The number of hydrogen-bond donors (Lipinski definition) is 1. The highest BCUT2D eigenvalue weighted by molar-refractivity contribution is 6.30. The number of ether oxygens (including phenoxy) is 1. The molecule has 0 saturated carbocycles. The van der Waals surface area contributed by atoms with Gasteiger partial charge >= 0.3 is 6.61 Å². The zero-order valence-electron chi connectivity index (χ0n) is 11.4. The second-order valence-corrected chi connectivity index (χ2v) is 5.73. The van der Waals surface area contributed by atoms with Gasteiger partial charge in [0.1, 0.15) is 5.75 Å². The van der Waals surface area contributed by atoms with Crippen LogP contribution in [0.5, 0.6) is 5.75 Å². The van der Waals surface area contributed by atoms with Crippen LogP contribution in [-0.2, 0) is 6.54 Å². The molecule has 0 aliphatic carbocycles. The van der Waals surface area contributed by atoms with Crippen LogP contribution in [0.4, 0.5) is 8.78 Å². The molecular weight excluding hydrogens is 286 g/mol. The Balaban J connectivity index is 2.09. The van der Waals surface area contributed by atoms with Crippen molar-refractivity contribution in [2.75, 3.05) is 13.1 Å². The summed E-state index contributed by atoms with van der Waals surface area (Å²) in [5.74, 6) is 0.578. The van der Waals surface area contributed by atoms with Crippen LogP contribution >= 0.6 is 11.6 Å². The van der Waals surface area contributed by atoms with Gasteiger partial charge in [-0.05, 0) is 37.1 Å². The number of piperidine rings is 1. The molecule has 1 aliphatic rings. The zero-order valence-corrected chi connectivity index (χ0v) is 12.1. The predicted octanol–water partition coefficient (Wildman–Crippen LogP) is 3.11. The largest absolute Gasteiger partial charge is 0.434 e. The summed E-state index contributed by atoms with van der Waals surface area (Å²) in [5.41, 5.74) is 6.66. The van der Waals surface area contributed by atoms with Gasteiger partial charge in [0.2, 0.25) is 0 Å². The lowest BCUT2D eigenvalue weighted by Crippen LogP contribution is -2.45. The number of halogens is 3. The Labute approximate surface area is 122 Å². The van der Waals surface area contributed by atoms with Crippen LogP contribution in [0, 0.1) is 5.92 Å². The molecule has 0 radical (unpaired) electrons. The van der Waals surface area contributed by atoms with E-state index in [9.17, 15) is 8.78 Å². The number of nitrogens with two attached hydrogens (primary N) is 1. The summed E-state index contributed by atoms with van der Waals surface area (Å²) in [6.07, 6.45) is 0.909. The molecular formula is C14H19ClF2N2O. The maximum Gasteiger partial charge on any atom is 0.387 e. The highest BCUT2D eigenvalue weighted by Crippen LogP contribution is 2.27. The van der Waals surface area contributed by atoms with E-state index in [1.807, 2.05) is 0 Å². The van der Waals surface area contributed by atoms with Crippen LogP contribution in [0.2, 0.25) is 5.02 Å². The summed E-state index contributed by atoms with van der Waals surface area (Å²) in [7, 11) is 0. The van der Waals surface area contributed by atoms with Crippen molar-refractivity contribution in [2.45, 2.75) is 32.5 Å². The Kier molecular flexibility index (Phi) is 5.18. The predicted molar refractivity (Wildman–Crippen MR) is 75.1 cm³/mol. The fourth-order valence-electron chi connectivity index (χ4n) is 2.52. The average Bonchev–Trinajstić information content (AvgIpc) is 2.37. The Bertz CT molecular complexity index is 459. The van der Waals surface area contributed by atoms with Crippen molar-refractivity contribution < 1.29 is 13.5 Å². The molecule has 6 heteroatoms. The fourth-order valence-corrected chi connectivity index (χ4v) is 2.71. The van der Waals surface area contributed by atoms with Crippen LogP contribution in [0.25, 0.3) is 0 Å². The van der Waals surface area contributed by atoms with E-state index in [1.54, 1.807) is 12.1 Å². The summed E-state index contributed by atoms with van der Waals surface area (Å²) in [6.45, 7) is 1.52. The zero-order chi connectivity index (χ0) is 14.7. The smallest absolute Gasteiger partial charge is 0.387 e. The molecule has 2 rings (SSSR count). The molecule has 2 N–H and O–H groups in total. The van der Waals surface area contributed by atoms with Gasteiger partial charge in [0.15, 0.2) is 0 Å². The lowest BCUT2D eigenvalue weighted by molar-refractivity contribution is -0.0508. The van der Waals surface area contributed by atoms with Crippen molar-refractivity contribution in [3.8, 4) is 5.75 Å². The summed E-state index contributed by atoms with van der Waals surface area (Å²) in [4.78, 5) is 2.19. The molecule has 0 spiro atoms. The van der Waals surface area contributed by atoms with Crippen LogP contribution in [0.1, 0.15) is 18.9 Å². The van der Waals surface area contributed by atoms with Crippen molar-refractivity contribution >= 4 is 11.6 Å². The molecule has 1 saturated heterocycles. The second-order valence-electron chi connectivity index (χ2n) is 5.30. The first-order valence-corrected chi connectivity index (χ1v) is 7.04. The van der Waals surface area contributed by atoms with Gasteiger partial charge in [0.25, 0.3) is 0 Å². The van der Waals surface area contributed by atoms with Gasteiger partial charge in [0.05, 0.1) is 0 Å². The highest BCUT2D eigenvalue weighted by Gasteiger charge is 2.24. The van der Waals surface area contributed by atoms with Crippen molar-refractivity contribution in [1.82, 2.24) is 4.90 Å². The summed E-state index contributed by atoms with van der Waals surface area (Å²) < 4.78 is 29.4. The number of likely N-dealkylation sites (tertiary alicyclic amines) is 1. The number of nitrogens with zero attached hydrogens (tertiary/aromatic N) is 1. The maximum atomic E-state index is 12.4. The van der Waals surface area contributed by atoms with Gasteiger partial charge in [-0.1, -0.05) is 18.5 Å². The lowest BCUT2D eigenvalue weighted by Gasteiger charge is -2.35. The number of rotatable bonds is 4. The van der Waals surface area contributed by atoms with Crippen LogP contribution in [0.3, 0.4) is 0 Å². The first kappa shape index (κ1) is 15.5. The Morgan fingerprint density at radius 1 is 1.50 bits per heavy atom. The molecule has 2 atom stereocenters. The molecule has 1 fully saturated rings. The molecule has 0 bridgehead atoms. The quantitative estimate of drug-likeness (QED) is 0.929. The molecule has 1 aliphatic heterocycles. The van der Waals surface area contributed by atoms with E-state index in [1.165, 1.54) is 6.07 Å². The second kappa shape index (κ2) is 6.70. The summed E-state index contributed by atoms with van der Waals surface area (Å²) in [6, 6.07) is 4.93. The molecule has 1 aromatic carbocycles. The first-order chi connectivity index (χ1) is 9.45. The molecule has 0 amide bonds. The maximum absolute atomic E-state index is 12.4. The molecule has 2 unspecified atom stereocenters. The van der Waals surface area contributed by atoms with Crippen molar-refractivity contribution in [3.63, 3.8) is 0 Å². The number of alkyl halides is 2. The Hall–Kier alpha value is -0.910. The fraction of sp³-hybridized carbons (Fsp3) is 0.571. The third-order valence-corrected chi connectivity index (χ3v) is 3.92. The first-order valence-electron chi connectivity index (χ1n) is 6.67. The minimum Gasteiger partial charge on any atom is -0.434 e. The van der Waals surface area contributed by atoms with E-state index in [0.29, 0.717) is 23.0 Å². The Morgan fingerprint density at radius 3 is 2.90 bits per heavy atom. The van der Waals surface area contributed by atoms with E-state index >= 15 is 0 Å². The van der Waals surface area contributed by atoms with Crippen LogP contribution in [-0.4, -0.2) is 30.6 Å².